The minimum Gasteiger partial charge on any atom is -0.372 e. The zero-order chi connectivity index (χ0) is 27.5. The SMILES string of the molecule is Cc1cccc(-n2c(SCC(=O)NC(C)CCc3ccccc3)nc3sc4c(c3c2=O)CC(C(C)C)OC4)c1. The van der Waals surface area contributed by atoms with E-state index in [1.54, 1.807) is 4.57 Å². The zero-order valence-corrected chi connectivity index (χ0v) is 24.5. The fraction of sp³-hybridized carbons (Fsp3) is 0.387. The van der Waals surface area contributed by atoms with Gasteiger partial charge in [-0.3, -0.25) is 14.2 Å². The molecule has 3 heterocycles. The number of hydrogen-bond donors (Lipinski definition) is 1. The van der Waals surface area contributed by atoms with Crippen LogP contribution in [0.2, 0.25) is 0 Å². The van der Waals surface area contributed by atoms with Crippen molar-refractivity contribution in [1.29, 1.82) is 0 Å². The molecular weight excluding hydrogens is 526 g/mol. The van der Waals surface area contributed by atoms with Crippen LogP contribution in [0, 0.1) is 12.8 Å². The molecule has 0 bridgehead atoms. The molecule has 8 heteroatoms. The standard InChI is InChI=1S/C31H35N3O3S2/c1-19(2)25-16-24-26(17-37-25)39-29-28(24)30(36)34(23-12-8-9-20(3)15-23)31(33-29)38-18-27(35)32-21(4)13-14-22-10-6-5-7-11-22/h5-12,15,19,21,25H,13-14,16-18H2,1-4H3,(H,32,35). The van der Waals surface area contributed by atoms with Crippen LogP contribution < -0.4 is 10.9 Å². The van der Waals surface area contributed by atoms with E-state index in [4.69, 9.17) is 9.72 Å². The number of amides is 1. The molecule has 0 saturated heterocycles. The van der Waals surface area contributed by atoms with Gasteiger partial charge in [-0.05, 0) is 61.4 Å². The first kappa shape index (κ1) is 27.6. The number of thiophene rings is 1. The van der Waals surface area contributed by atoms with Crippen molar-refractivity contribution in [2.75, 3.05) is 5.75 Å². The Bertz CT molecular complexity index is 1530. The lowest BCUT2D eigenvalue weighted by molar-refractivity contribution is -0.119. The van der Waals surface area contributed by atoms with Gasteiger partial charge in [0.15, 0.2) is 5.16 Å². The van der Waals surface area contributed by atoms with Crippen molar-refractivity contribution in [3.8, 4) is 5.69 Å². The summed E-state index contributed by atoms with van der Waals surface area (Å²) < 4.78 is 7.76. The molecule has 2 aromatic carbocycles. The van der Waals surface area contributed by atoms with E-state index in [1.807, 2.05) is 56.3 Å². The van der Waals surface area contributed by atoms with Gasteiger partial charge >= 0.3 is 0 Å². The molecular formula is C31H35N3O3S2. The third kappa shape index (κ3) is 6.29. The highest BCUT2D eigenvalue weighted by Crippen LogP contribution is 2.36. The number of rotatable bonds is 9. The number of fused-ring (bicyclic) bond motifs is 3. The third-order valence-electron chi connectivity index (χ3n) is 7.16. The Morgan fingerprint density at radius 3 is 2.72 bits per heavy atom. The first-order valence-corrected chi connectivity index (χ1v) is 15.3. The second-order valence-corrected chi connectivity index (χ2v) is 12.7. The van der Waals surface area contributed by atoms with Crippen LogP contribution in [0.25, 0.3) is 15.9 Å². The Morgan fingerprint density at radius 2 is 1.97 bits per heavy atom. The number of hydrogen-bond acceptors (Lipinski definition) is 6. The molecule has 1 N–H and O–H groups in total. The second kappa shape index (κ2) is 12.1. The fourth-order valence-electron chi connectivity index (χ4n) is 4.97. The molecule has 0 radical (unpaired) electrons. The van der Waals surface area contributed by atoms with Crippen LogP contribution in [0.3, 0.4) is 0 Å². The van der Waals surface area contributed by atoms with Gasteiger partial charge in [-0.15, -0.1) is 11.3 Å². The predicted molar refractivity (Wildman–Crippen MR) is 160 cm³/mol. The Morgan fingerprint density at radius 1 is 1.18 bits per heavy atom. The molecule has 0 spiro atoms. The first-order valence-electron chi connectivity index (χ1n) is 13.5. The number of aromatic nitrogens is 2. The third-order valence-corrected chi connectivity index (χ3v) is 9.20. The van der Waals surface area contributed by atoms with Gasteiger partial charge in [0, 0.05) is 17.3 Å². The van der Waals surface area contributed by atoms with Crippen LogP contribution in [0.5, 0.6) is 0 Å². The summed E-state index contributed by atoms with van der Waals surface area (Å²) >= 11 is 2.84. The Labute approximate surface area is 237 Å². The van der Waals surface area contributed by atoms with Crippen LogP contribution in [0.15, 0.2) is 64.5 Å². The molecule has 2 unspecified atom stereocenters. The molecule has 1 amide bonds. The molecule has 4 aromatic rings. The van der Waals surface area contributed by atoms with Crippen LogP contribution in [-0.2, 0) is 29.0 Å². The summed E-state index contributed by atoms with van der Waals surface area (Å²) in [7, 11) is 0. The zero-order valence-electron chi connectivity index (χ0n) is 22.9. The normalized spacial score (nSPS) is 15.9. The molecule has 6 nitrogen and oxygen atoms in total. The first-order chi connectivity index (χ1) is 18.8. The van der Waals surface area contributed by atoms with Crippen LogP contribution >= 0.6 is 23.1 Å². The number of benzene rings is 2. The largest absolute Gasteiger partial charge is 0.372 e. The molecule has 1 aliphatic rings. The van der Waals surface area contributed by atoms with E-state index in [2.05, 4.69) is 31.3 Å². The summed E-state index contributed by atoms with van der Waals surface area (Å²) in [4.78, 5) is 33.7. The van der Waals surface area contributed by atoms with Gasteiger partial charge in [0.1, 0.15) is 4.83 Å². The van der Waals surface area contributed by atoms with Gasteiger partial charge in [-0.25, -0.2) is 4.98 Å². The van der Waals surface area contributed by atoms with E-state index >= 15 is 0 Å². The molecule has 0 fully saturated rings. The number of carbonyl (C=O) groups excluding carboxylic acids is 1. The average Bonchev–Trinajstić information content (AvgIpc) is 3.29. The Kier molecular flexibility index (Phi) is 8.54. The van der Waals surface area contributed by atoms with Crippen molar-refractivity contribution in [1.82, 2.24) is 14.9 Å². The minimum atomic E-state index is -0.0772. The lowest BCUT2D eigenvalue weighted by Crippen LogP contribution is -2.34. The van der Waals surface area contributed by atoms with Crippen molar-refractivity contribution in [3.05, 3.63) is 86.5 Å². The number of nitrogens with one attached hydrogen (secondary N) is 1. The topological polar surface area (TPSA) is 73.2 Å². The van der Waals surface area contributed by atoms with E-state index in [9.17, 15) is 9.59 Å². The van der Waals surface area contributed by atoms with Crippen molar-refractivity contribution in [2.45, 2.75) is 70.9 Å². The summed E-state index contributed by atoms with van der Waals surface area (Å²) in [6.07, 6.45) is 2.57. The maximum atomic E-state index is 14.1. The fourth-order valence-corrected chi connectivity index (χ4v) is 6.96. The van der Waals surface area contributed by atoms with Gasteiger partial charge in [-0.2, -0.15) is 0 Å². The quantitative estimate of drug-likeness (QED) is 0.198. The minimum absolute atomic E-state index is 0.0469. The van der Waals surface area contributed by atoms with Gasteiger partial charge < -0.3 is 10.1 Å². The molecule has 2 atom stereocenters. The van der Waals surface area contributed by atoms with Crippen molar-refractivity contribution in [3.63, 3.8) is 0 Å². The average molecular weight is 562 g/mol. The molecule has 0 saturated carbocycles. The van der Waals surface area contributed by atoms with E-state index in [-0.39, 0.29) is 29.4 Å². The molecule has 5 rings (SSSR count). The summed E-state index contributed by atoms with van der Waals surface area (Å²) in [5.41, 5.74) is 4.07. The predicted octanol–water partition coefficient (Wildman–Crippen LogP) is 6.08. The highest BCUT2D eigenvalue weighted by Gasteiger charge is 2.29. The lowest BCUT2D eigenvalue weighted by atomic mass is 9.96. The number of nitrogens with zero attached hydrogens (tertiary/aromatic N) is 2. The summed E-state index contributed by atoms with van der Waals surface area (Å²) in [6.45, 7) is 8.84. The number of carbonyl (C=O) groups is 1. The van der Waals surface area contributed by atoms with Crippen LogP contribution in [0.4, 0.5) is 0 Å². The summed E-state index contributed by atoms with van der Waals surface area (Å²) in [6, 6.07) is 18.2. The molecule has 2 aromatic heterocycles. The second-order valence-electron chi connectivity index (χ2n) is 10.6. The Hall–Kier alpha value is -2.94. The number of aryl methyl sites for hydroxylation is 2. The molecule has 1 aliphatic heterocycles. The van der Waals surface area contributed by atoms with Crippen LogP contribution in [-0.4, -0.2) is 33.4 Å². The van der Waals surface area contributed by atoms with E-state index in [0.717, 1.165) is 39.4 Å². The summed E-state index contributed by atoms with van der Waals surface area (Å²) in [5, 5.41) is 4.33. The molecule has 0 aliphatic carbocycles. The van der Waals surface area contributed by atoms with E-state index in [0.29, 0.717) is 29.5 Å². The maximum absolute atomic E-state index is 14.1. The van der Waals surface area contributed by atoms with Gasteiger partial charge in [0.25, 0.3) is 5.56 Å². The van der Waals surface area contributed by atoms with Crippen LogP contribution in [0.1, 0.15) is 48.8 Å². The number of ether oxygens (including phenoxy) is 1. The summed E-state index contributed by atoms with van der Waals surface area (Å²) in [5.74, 6) is 0.483. The van der Waals surface area contributed by atoms with Crippen molar-refractivity contribution in [2.24, 2.45) is 5.92 Å². The number of thioether (sulfide) groups is 1. The molecule has 204 valence electrons. The van der Waals surface area contributed by atoms with E-state index < -0.39 is 0 Å². The molecule has 39 heavy (non-hydrogen) atoms. The van der Waals surface area contributed by atoms with Gasteiger partial charge in [0.2, 0.25) is 5.91 Å². The monoisotopic (exact) mass is 561 g/mol. The highest BCUT2D eigenvalue weighted by atomic mass is 32.2. The highest BCUT2D eigenvalue weighted by molar-refractivity contribution is 7.99. The Balaban J connectivity index is 1.40. The maximum Gasteiger partial charge on any atom is 0.267 e. The lowest BCUT2D eigenvalue weighted by Gasteiger charge is -2.26. The van der Waals surface area contributed by atoms with Crippen molar-refractivity contribution < 1.29 is 9.53 Å². The van der Waals surface area contributed by atoms with E-state index in [1.165, 1.54) is 28.7 Å². The van der Waals surface area contributed by atoms with Crippen molar-refractivity contribution >= 4 is 39.2 Å². The van der Waals surface area contributed by atoms with Gasteiger partial charge in [-0.1, -0.05) is 68.1 Å². The smallest absolute Gasteiger partial charge is 0.267 e. The van der Waals surface area contributed by atoms with Gasteiger partial charge in [0.05, 0.1) is 29.5 Å².